The molecular formula is C29H43N5O3. The average Bonchev–Trinajstić information content (AvgIpc) is 3.43. The number of rotatable bonds is 9. The van der Waals surface area contributed by atoms with Crippen LogP contribution in [0.25, 0.3) is 11.4 Å². The highest BCUT2D eigenvalue weighted by atomic mass is 16.5. The molecule has 3 N–H and O–H groups in total. The summed E-state index contributed by atoms with van der Waals surface area (Å²) < 4.78 is 11.5. The molecule has 0 amide bonds. The maximum Gasteiger partial charge on any atom is 0.161 e. The molecule has 8 heteroatoms. The molecule has 202 valence electrons. The van der Waals surface area contributed by atoms with E-state index in [1.807, 2.05) is 31.3 Å². The first-order valence-corrected chi connectivity index (χ1v) is 14.0. The number of piperidine rings is 2. The second kappa shape index (κ2) is 12.1. The lowest BCUT2D eigenvalue weighted by molar-refractivity contribution is 0.108. The number of aromatic nitrogens is 2. The second-order valence-electron chi connectivity index (χ2n) is 11.2. The number of ether oxygens (including phenoxy) is 2. The van der Waals surface area contributed by atoms with Crippen LogP contribution in [0, 0.1) is 18.3 Å². The number of aliphatic hydroxyl groups is 1. The molecule has 0 saturated carbocycles. The number of nitrogens with zero attached hydrogens (tertiary/aromatic N) is 3. The van der Waals surface area contributed by atoms with Gasteiger partial charge in [0.15, 0.2) is 5.82 Å². The lowest BCUT2D eigenvalue weighted by atomic mass is 9.71. The second-order valence-corrected chi connectivity index (χ2v) is 11.2. The molecule has 3 aliphatic rings. The third kappa shape index (κ3) is 6.42. The van der Waals surface area contributed by atoms with Crippen molar-refractivity contribution in [3.05, 3.63) is 35.5 Å². The molecule has 3 fully saturated rings. The number of anilines is 1. The molecule has 5 rings (SSSR count). The number of nitrogens with one attached hydrogen (secondary N) is 2. The van der Waals surface area contributed by atoms with Crippen LogP contribution in [0.5, 0.6) is 5.75 Å². The van der Waals surface area contributed by atoms with Crippen molar-refractivity contribution in [1.82, 2.24) is 20.6 Å². The van der Waals surface area contributed by atoms with Crippen molar-refractivity contribution in [2.24, 2.45) is 11.3 Å². The van der Waals surface area contributed by atoms with Crippen LogP contribution in [-0.4, -0.2) is 80.8 Å². The summed E-state index contributed by atoms with van der Waals surface area (Å²) in [5.41, 5.74) is 3.78. The van der Waals surface area contributed by atoms with Gasteiger partial charge in [0.25, 0.3) is 0 Å². The van der Waals surface area contributed by atoms with Crippen LogP contribution in [0.2, 0.25) is 0 Å². The average molecular weight is 510 g/mol. The van der Waals surface area contributed by atoms with Gasteiger partial charge in [0.2, 0.25) is 0 Å². The van der Waals surface area contributed by atoms with Gasteiger partial charge in [-0.05, 0) is 89.1 Å². The van der Waals surface area contributed by atoms with Crippen molar-refractivity contribution in [2.45, 2.75) is 51.6 Å². The maximum absolute atomic E-state index is 10.0. The van der Waals surface area contributed by atoms with E-state index < -0.39 is 6.10 Å². The minimum absolute atomic E-state index is 0.238. The first-order chi connectivity index (χ1) is 18.0. The molecule has 2 atom stereocenters. The van der Waals surface area contributed by atoms with E-state index in [1.54, 1.807) is 0 Å². The third-order valence-corrected chi connectivity index (χ3v) is 8.49. The Hall–Kier alpha value is -2.26. The Morgan fingerprint density at radius 2 is 2.03 bits per heavy atom. The zero-order valence-electron chi connectivity index (χ0n) is 22.5. The van der Waals surface area contributed by atoms with E-state index in [2.05, 4.69) is 22.5 Å². The van der Waals surface area contributed by atoms with Crippen LogP contribution in [-0.2, 0) is 11.2 Å². The lowest BCUT2D eigenvalue weighted by Gasteiger charge is -2.45. The van der Waals surface area contributed by atoms with Crippen LogP contribution >= 0.6 is 0 Å². The molecule has 1 aromatic carbocycles. The highest BCUT2D eigenvalue weighted by Gasteiger charge is 2.36. The van der Waals surface area contributed by atoms with Crippen molar-refractivity contribution in [2.75, 3.05) is 64.5 Å². The number of likely N-dealkylation sites (N-methyl/N-ethyl adjacent to an activating group) is 1. The van der Waals surface area contributed by atoms with Gasteiger partial charge in [-0.2, -0.15) is 0 Å². The summed E-state index contributed by atoms with van der Waals surface area (Å²) in [6, 6.07) is 7.94. The van der Waals surface area contributed by atoms with Crippen molar-refractivity contribution >= 4 is 5.82 Å². The summed E-state index contributed by atoms with van der Waals surface area (Å²) >= 11 is 0. The number of aliphatic hydroxyl groups excluding tert-OH is 1. The molecule has 3 saturated heterocycles. The van der Waals surface area contributed by atoms with Crippen LogP contribution in [0.3, 0.4) is 0 Å². The quantitative estimate of drug-likeness (QED) is 0.475. The molecule has 0 bridgehead atoms. The predicted octanol–water partition coefficient (Wildman–Crippen LogP) is 2.96. The maximum atomic E-state index is 10.0. The summed E-state index contributed by atoms with van der Waals surface area (Å²) in [4.78, 5) is 12.7. The van der Waals surface area contributed by atoms with Crippen LogP contribution in [0.4, 0.5) is 5.82 Å². The van der Waals surface area contributed by atoms with Crippen molar-refractivity contribution in [3.8, 4) is 17.1 Å². The van der Waals surface area contributed by atoms with E-state index in [1.165, 1.54) is 31.2 Å². The Bertz CT molecular complexity index is 1030. The van der Waals surface area contributed by atoms with Gasteiger partial charge in [0.1, 0.15) is 24.3 Å². The van der Waals surface area contributed by atoms with E-state index >= 15 is 0 Å². The zero-order valence-corrected chi connectivity index (χ0v) is 22.5. The highest BCUT2D eigenvalue weighted by molar-refractivity contribution is 5.62. The van der Waals surface area contributed by atoms with Gasteiger partial charge in [-0.1, -0.05) is 12.1 Å². The van der Waals surface area contributed by atoms with Crippen LogP contribution in [0.1, 0.15) is 43.4 Å². The van der Waals surface area contributed by atoms with Crippen LogP contribution < -0.4 is 20.3 Å². The van der Waals surface area contributed by atoms with Gasteiger partial charge in [0.05, 0.1) is 0 Å². The normalized spacial score (nSPS) is 22.4. The Balaban J connectivity index is 1.40. The molecule has 3 aliphatic heterocycles. The summed E-state index contributed by atoms with van der Waals surface area (Å²) in [6.07, 6.45) is 6.50. The van der Waals surface area contributed by atoms with Gasteiger partial charge < -0.3 is 30.1 Å². The van der Waals surface area contributed by atoms with Gasteiger partial charge in [-0.3, -0.25) is 0 Å². The summed E-state index contributed by atoms with van der Waals surface area (Å²) in [7, 11) is 1.82. The Morgan fingerprint density at radius 1 is 1.22 bits per heavy atom. The minimum Gasteiger partial charge on any atom is -0.491 e. The highest BCUT2D eigenvalue weighted by Crippen LogP contribution is 2.41. The molecule has 1 aromatic heterocycles. The minimum atomic E-state index is -0.557. The smallest absolute Gasteiger partial charge is 0.161 e. The molecule has 0 aliphatic carbocycles. The predicted molar refractivity (Wildman–Crippen MR) is 146 cm³/mol. The van der Waals surface area contributed by atoms with E-state index in [0.717, 1.165) is 80.9 Å². The third-order valence-electron chi connectivity index (χ3n) is 8.49. The van der Waals surface area contributed by atoms with Gasteiger partial charge in [-0.25, -0.2) is 9.97 Å². The van der Waals surface area contributed by atoms with Crippen molar-refractivity contribution in [1.29, 1.82) is 0 Å². The summed E-state index contributed by atoms with van der Waals surface area (Å²) in [5.74, 6) is 3.06. The van der Waals surface area contributed by atoms with Gasteiger partial charge in [0, 0.05) is 49.7 Å². The SMILES string of the molecule is CNCC(O)COc1cccc(-c2nc(C[C@@H]3CCOC3)c(C)c(N3CCC4(CCNCC4)CC3)n2)c1. The zero-order chi connectivity index (χ0) is 25.7. The monoisotopic (exact) mass is 509 g/mol. The Morgan fingerprint density at radius 3 is 2.76 bits per heavy atom. The van der Waals surface area contributed by atoms with E-state index in [-0.39, 0.29) is 6.61 Å². The molecule has 1 unspecified atom stereocenters. The number of hydrogen-bond acceptors (Lipinski definition) is 8. The molecule has 1 spiro atoms. The first kappa shape index (κ1) is 26.4. The van der Waals surface area contributed by atoms with Gasteiger partial charge >= 0.3 is 0 Å². The molecule has 8 nitrogen and oxygen atoms in total. The summed E-state index contributed by atoms with van der Waals surface area (Å²) in [6.45, 7) is 8.98. The van der Waals surface area contributed by atoms with E-state index in [9.17, 15) is 5.11 Å². The fraction of sp³-hybridized carbons (Fsp3) is 0.655. The van der Waals surface area contributed by atoms with Crippen molar-refractivity contribution < 1.29 is 14.6 Å². The number of benzene rings is 1. The van der Waals surface area contributed by atoms with E-state index in [4.69, 9.17) is 19.4 Å². The summed E-state index contributed by atoms with van der Waals surface area (Å²) in [5, 5.41) is 16.5. The standard InChI is InChI=1S/C29H43N5O3/c1-21-26(16-22-6-15-36-19-22)32-27(23-4-3-5-25(17-23)37-20-24(35)18-30-2)33-28(21)34-13-9-29(10-14-34)7-11-31-12-8-29/h3-5,17,22,24,30-31,35H,6-16,18-20H2,1-2H3/t22-,24?/m0/s1. The van der Waals surface area contributed by atoms with Gasteiger partial charge in [-0.15, -0.1) is 0 Å². The largest absolute Gasteiger partial charge is 0.491 e. The topological polar surface area (TPSA) is 91.8 Å². The van der Waals surface area contributed by atoms with E-state index in [0.29, 0.717) is 17.9 Å². The van der Waals surface area contributed by atoms with Crippen LogP contribution in [0.15, 0.2) is 24.3 Å². The fourth-order valence-electron chi connectivity index (χ4n) is 6.07. The molecule has 37 heavy (non-hydrogen) atoms. The molecule has 4 heterocycles. The number of hydrogen-bond donors (Lipinski definition) is 3. The lowest BCUT2D eigenvalue weighted by Crippen LogP contribution is -2.46. The molecule has 0 radical (unpaired) electrons. The Kier molecular flexibility index (Phi) is 8.60. The first-order valence-electron chi connectivity index (χ1n) is 14.0. The van der Waals surface area contributed by atoms with Crippen molar-refractivity contribution in [3.63, 3.8) is 0 Å². The Labute approximate surface area is 221 Å². The molecule has 2 aromatic rings. The fourth-order valence-corrected chi connectivity index (χ4v) is 6.07. The molecular weight excluding hydrogens is 466 g/mol.